The number of carbonyl (C=O) groups is 1. The molecule has 2 heterocycles. The lowest BCUT2D eigenvalue weighted by atomic mass is 9.89. The van der Waals surface area contributed by atoms with Crippen LogP contribution >= 0.6 is 0 Å². The Balaban J connectivity index is 2.02. The number of hydrogen-bond acceptors (Lipinski definition) is 6. The Bertz CT molecular complexity index is 1080. The van der Waals surface area contributed by atoms with Crippen molar-refractivity contribution < 1.29 is 19.7 Å². The van der Waals surface area contributed by atoms with Crippen molar-refractivity contribution in [1.29, 1.82) is 0 Å². The van der Waals surface area contributed by atoms with Gasteiger partial charge in [0.2, 0.25) is 0 Å². The lowest BCUT2D eigenvalue weighted by Gasteiger charge is -2.20. The molecule has 0 aliphatic carbocycles. The Kier molecular flexibility index (Phi) is 6.51. The van der Waals surface area contributed by atoms with Crippen molar-refractivity contribution in [2.75, 3.05) is 7.11 Å². The molecule has 156 valence electrons. The molecule has 1 unspecified atom stereocenters. The summed E-state index contributed by atoms with van der Waals surface area (Å²) < 4.78 is 6.39. The van der Waals surface area contributed by atoms with Gasteiger partial charge in [-0.2, -0.15) is 0 Å². The number of carbonyl (C=O) groups excluding carboxylic acids is 1. The maximum atomic E-state index is 13.4. The normalized spacial score (nSPS) is 11.8. The van der Waals surface area contributed by atoms with Gasteiger partial charge in [0.1, 0.15) is 11.5 Å². The summed E-state index contributed by atoms with van der Waals surface area (Å²) in [6.07, 6.45) is 3.66. The van der Waals surface area contributed by atoms with Crippen LogP contribution in [0.15, 0.2) is 59.7 Å². The van der Waals surface area contributed by atoms with Gasteiger partial charge in [0.05, 0.1) is 19.1 Å². The highest BCUT2D eigenvalue weighted by atomic mass is 16.5. The van der Waals surface area contributed by atoms with E-state index in [-0.39, 0.29) is 29.0 Å². The number of methoxy groups -OCH3 is 1. The van der Waals surface area contributed by atoms with E-state index in [1.54, 1.807) is 60.3 Å². The Morgan fingerprint density at radius 2 is 1.93 bits per heavy atom. The van der Waals surface area contributed by atoms with Crippen molar-refractivity contribution in [3.8, 4) is 11.5 Å². The van der Waals surface area contributed by atoms with E-state index in [1.165, 1.54) is 13.2 Å². The Labute approximate surface area is 174 Å². The summed E-state index contributed by atoms with van der Waals surface area (Å²) in [5.74, 6) is -1.14. The van der Waals surface area contributed by atoms with E-state index in [4.69, 9.17) is 4.74 Å². The molecule has 0 fully saturated rings. The third-order valence-electron chi connectivity index (χ3n) is 5.12. The summed E-state index contributed by atoms with van der Waals surface area (Å²) in [5.41, 5.74) is 2.01. The quantitative estimate of drug-likeness (QED) is 0.583. The van der Waals surface area contributed by atoms with Crippen molar-refractivity contribution in [1.82, 2.24) is 9.55 Å². The monoisotopic (exact) mass is 408 g/mol. The molecule has 2 N–H and O–H groups in total. The zero-order valence-electron chi connectivity index (χ0n) is 16.9. The maximum absolute atomic E-state index is 13.4. The van der Waals surface area contributed by atoms with Gasteiger partial charge >= 0.3 is 5.97 Å². The molecule has 0 aliphatic heterocycles. The van der Waals surface area contributed by atoms with Crippen LogP contribution in [0.1, 0.15) is 34.7 Å². The average molecular weight is 408 g/mol. The first-order valence-electron chi connectivity index (χ1n) is 9.58. The second-order valence-corrected chi connectivity index (χ2v) is 7.08. The van der Waals surface area contributed by atoms with Crippen molar-refractivity contribution in [2.45, 2.75) is 32.2 Å². The number of ether oxygens (including phenoxy) is 1. The number of aryl methyl sites for hydroxylation is 2. The van der Waals surface area contributed by atoms with Crippen molar-refractivity contribution in [3.63, 3.8) is 0 Å². The number of esters is 1. The van der Waals surface area contributed by atoms with Gasteiger partial charge in [0, 0.05) is 30.6 Å². The highest BCUT2D eigenvalue weighted by Gasteiger charge is 2.26. The zero-order valence-corrected chi connectivity index (χ0v) is 16.9. The number of aromatic hydroxyl groups is 2. The molecule has 3 aromatic rings. The highest BCUT2D eigenvalue weighted by Crippen LogP contribution is 2.32. The van der Waals surface area contributed by atoms with Crippen molar-refractivity contribution >= 4 is 5.97 Å². The van der Waals surface area contributed by atoms with Crippen LogP contribution < -0.4 is 5.56 Å². The SMILES string of the molecule is COC(=O)CC(c1cccnc1)c1c(O)cc(C)n(CCc2ccc(O)cc2)c1=O. The molecule has 0 aliphatic rings. The number of hydrogen-bond donors (Lipinski definition) is 2. The van der Waals surface area contributed by atoms with Gasteiger partial charge in [-0.25, -0.2) is 0 Å². The molecule has 2 aromatic heterocycles. The molecule has 0 radical (unpaired) electrons. The molecule has 0 bridgehead atoms. The second kappa shape index (κ2) is 9.26. The molecule has 0 spiro atoms. The molecule has 7 nitrogen and oxygen atoms in total. The third kappa shape index (κ3) is 4.68. The lowest BCUT2D eigenvalue weighted by molar-refractivity contribution is -0.140. The van der Waals surface area contributed by atoms with Gasteiger partial charge in [-0.05, 0) is 48.7 Å². The molecule has 0 saturated heterocycles. The molecule has 7 heteroatoms. The van der Waals surface area contributed by atoms with Gasteiger partial charge in [0.25, 0.3) is 5.56 Å². The van der Waals surface area contributed by atoms with Crippen LogP contribution in [0.3, 0.4) is 0 Å². The summed E-state index contributed by atoms with van der Waals surface area (Å²) in [4.78, 5) is 29.5. The lowest BCUT2D eigenvalue weighted by Crippen LogP contribution is -2.29. The Hall–Kier alpha value is -3.61. The largest absolute Gasteiger partial charge is 0.508 e. The summed E-state index contributed by atoms with van der Waals surface area (Å²) in [6, 6.07) is 11.8. The van der Waals surface area contributed by atoms with E-state index in [2.05, 4.69) is 4.98 Å². The Morgan fingerprint density at radius 1 is 1.20 bits per heavy atom. The van der Waals surface area contributed by atoms with E-state index < -0.39 is 11.9 Å². The molecular weight excluding hydrogens is 384 g/mol. The molecule has 0 amide bonds. The fraction of sp³-hybridized carbons (Fsp3) is 0.261. The van der Waals surface area contributed by atoms with E-state index in [0.717, 1.165) is 5.56 Å². The number of nitrogens with zero attached hydrogens (tertiary/aromatic N) is 2. The Morgan fingerprint density at radius 3 is 2.57 bits per heavy atom. The fourth-order valence-electron chi connectivity index (χ4n) is 3.50. The first-order chi connectivity index (χ1) is 14.4. The van der Waals surface area contributed by atoms with Gasteiger partial charge in [-0.1, -0.05) is 18.2 Å². The molecule has 3 rings (SSSR count). The predicted octanol–water partition coefficient (Wildman–Crippen LogP) is 2.90. The fourth-order valence-corrected chi connectivity index (χ4v) is 3.50. The van der Waals surface area contributed by atoms with Crippen LogP contribution in [-0.2, 0) is 22.5 Å². The summed E-state index contributed by atoms with van der Waals surface area (Å²) >= 11 is 0. The van der Waals surface area contributed by atoms with E-state index in [1.807, 2.05) is 0 Å². The molecule has 0 saturated carbocycles. The maximum Gasteiger partial charge on any atom is 0.306 e. The van der Waals surface area contributed by atoms with Crippen LogP contribution in [-0.4, -0.2) is 32.8 Å². The number of benzene rings is 1. The van der Waals surface area contributed by atoms with Crippen LogP contribution in [0, 0.1) is 6.92 Å². The van der Waals surface area contributed by atoms with Gasteiger partial charge in [-0.15, -0.1) is 0 Å². The number of phenolic OH excluding ortho intramolecular Hbond substituents is 1. The smallest absolute Gasteiger partial charge is 0.306 e. The highest BCUT2D eigenvalue weighted by molar-refractivity contribution is 5.71. The molecule has 1 atom stereocenters. The van der Waals surface area contributed by atoms with Crippen LogP contribution in [0.4, 0.5) is 0 Å². The number of rotatable bonds is 7. The summed E-state index contributed by atoms with van der Waals surface area (Å²) in [6.45, 7) is 2.14. The predicted molar refractivity (Wildman–Crippen MR) is 112 cm³/mol. The number of pyridine rings is 2. The van der Waals surface area contributed by atoms with Crippen LogP contribution in [0.2, 0.25) is 0 Å². The zero-order chi connectivity index (χ0) is 21.7. The van der Waals surface area contributed by atoms with Gasteiger partial charge in [0.15, 0.2) is 0 Å². The van der Waals surface area contributed by atoms with E-state index in [9.17, 15) is 19.8 Å². The van der Waals surface area contributed by atoms with Crippen molar-refractivity contribution in [2.24, 2.45) is 0 Å². The first-order valence-corrected chi connectivity index (χ1v) is 9.58. The van der Waals surface area contributed by atoms with Gasteiger partial charge < -0.3 is 19.5 Å². The van der Waals surface area contributed by atoms with E-state index >= 15 is 0 Å². The summed E-state index contributed by atoms with van der Waals surface area (Å²) in [7, 11) is 1.29. The molecular formula is C23H24N2O5. The number of aromatic nitrogens is 2. The standard InChI is InChI=1S/C23H24N2O5/c1-15-12-20(27)22(19(13-21(28)30-2)17-4-3-10-24-14-17)23(29)25(15)11-9-16-5-7-18(26)8-6-16/h3-8,10,12,14,19,26-27H,9,11,13H2,1-2H3. The average Bonchev–Trinajstić information content (AvgIpc) is 2.74. The minimum atomic E-state index is -0.681. The molecule has 1 aromatic carbocycles. The van der Waals surface area contributed by atoms with Crippen molar-refractivity contribution in [3.05, 3.63) is 87.6 Å². The first kappa shape index (κ1) is 21.1. The minimum absolute atomic E-state index is 0.0913. The van der Waals surface area contributed by atoms with Gasteiger partial charge in [-0.3, -0.25) is 14.6 Å². The summed E-state index contributed by atoms with van der Waals surface area (Å²) in [5, 5.41) is 20.0. The van der Waals surface area contributed by atoms with Crippen LogP contribution in [0.5, 0.6) is 11.5 Å². The second-order valence-electron chi connectivity index (χ2n) is 7.08. The topological polar surface area (TPSA) is 102 Å². The minimum Gasteiger partial charge on any atom is -0.508 e. The third-order valence-corrected chi connectivity index (χ3v) is 5.12. The molecule has 30 heavy (non-hydrogen) atoms. The van der Waals surface area contributed by atoms with Crippen LogP contribution in [0.25, 0.3) is 0 Å². The number of phenols is 1. The van der Waals surface area contributed by atoms with E-state index in [0.29, 0.717) is 24.2 Å².